The van der Waals surface area contributed by atoms with E-state index in [0.717, 1.165) is 12.8 Å². The van der Waals surface area contributed by atoms with Gasteiger partial charge in [-0.2, -0.15) is 0 Å². The zero-order valence-electron chi connectivity index (χ0n) is 10.7. The van der Waals surface area contributed by atoms with Gasteiger partial charge in [0, 0.05) is 0 Å². The Morgan fingerprint density at radius 3 is 1.15 bits per heavy atom. The van der Waals surface area contributed by atoms with Crippen LogP contribution in [0.2, 0.25) is 0 Å². The molecule has 106 valence electrons. The highest BCUT2D eigenvalue weighted by molar-refractivity contribution is 8.20. The molecular weight excluding hydrogens is 326 g/mol. The molecule has 20 heavy (non-hydrogen) atoms. The molecule has 2 aromatic rings. The molecule has 0 saturated carbocycles. The van der Waals surface area contributed by atoms with E-state index in [0.29, 0.717) is 0 Å². The maximum absolute atomic E-state index is 8.72. The van der Waals surface area contributed by atoms with E-state index in [-0.39, 0.29) is 15.3 Å². The molecule has 0 amide bonds. The summed E-state index contributed by atoms with van der Waals surface area (Å²) in [6.45, 7) is 0. The highest BCUT2D eigenvalue weighted by Crippen LogP contribution is 2.06. The zero-order chi connectivity index (χ0) is 15.1. The van der Waals surface area contributed by atoms with Gasteiger partial charge in [0.15, 0.2) is 0 Å². The molecular formula is C14H14O2P2S2-2. The highest BCUT2D eigenvalue weighted by Gasteiger charge is 1.93. The monoisotopic (exact) mass is 340 g/mol. The van der Waals surface area contributed by atoms with E-state index in [1.54, 1.807) is 0 Å². The van der Waals surface area contributed by atoms with Crippen molar-refractivity contribution in [3.8, 4) is 0 Å². The second-order valence-corrected chi connectivity index (χ2v) is 4.81. The summed E-state index contributed by atoms with van der Waals surface area (Å²) in [5.41, 5.74) is 2.83. The van der Waals surface area contributed by atoms with Gasteiger partial charge in [-0.25, -0.2) is 0 Å². The van der Waals surface area contributed by atoms with Crippen molar-refractivity contribution in [2.45, 2.75) is 12.8 Å². The van der Waals surface area contributed by atoms with E-state index in [4.69, 9.17) is 9.13 Å². The van der Waals surface area contributed by atoms with E-state index in [2.05, 4.69) is 85.2 Å². The maximum atomic E-state index is 8.72. The molecule has 0 aliphatic rings. The lowest BCUT2D eigenvalue weighted by atomic mass is 10.0. The molecule has 2 nitrogen and oxygen atoms in total. The smallest absolute Gasteiger partial charge is 0.0129 e. The quantitative estimate of drug-likeness (QED) is 0.585. The van der Waals surface area contributed by atoms with Crippen LogP contribution in [0.3, 0.4) is 0 Å². The number of hydrogen-bond acceptors (Lipinski definition) is 4. The Labute approximate surface area is 133 Å². The summed E-state index contributed by atoms with van der Waals surface area (Å²) in [7, 11) is -0.500. The Morgan fingerprint density at radius 1 is 0.650 bits per heavy atom. The number of aryl methyl sites for hydroxylation is 2. The first-order chi connectivity index (χ1) is 9.78. The predicted octanol–water partition coefficient (Wildman–Crippen LogP) is 4.95. The SMILES string of the molecule is O=P[S-].O=P[S-].c1ccc(CCc2ccccc2)cc1. The first-order valence-electron chi connectivity index (χ1n) is 5.76. The van der Waals surface area contributed by atoms with Crippen LogP contribution in [0, 0.1) is 0 Å². The van der Waals surface area contributed by atoms with Gasteiger partial charge in [-0.1, -0.05) is 60.7 Å². The minimum atomic E-state index is -0.250. The van der Waals surface area contributed by atoms with Gasteiger partial charge in [0.1, 0.15) is 0 Å². The summed E-state index contributed by atoms with van der Waals surface area (Å²) in [4.78, 5) is 0. The highest BCUT2D eigenvalue weighted by atomic mass is 32.7. The van der Waals surface area contributed by atoms with E-state index in [1.165, 1.54) is 11.1 Å². The van der Waals surface area contributed by atoms with Gasteiger partial charge in [-0.3, -0.25) is 0 Å². The van der Waals surface area contributed by atoms with Crippen LogP contribution < -0.4 is 0 Å². The standard InChI is InChI=1S/C14H14.2HOPS/c1-3-7-13(8-4-1)11-12-14-9-5-2-6-10-14;2*1-2-3/h1-10H,11-12H2;2*(H,1,3)/p-2. The molecule has 0 saturated heterocycles. The van der Waals surface area contributed by atoms with Gasteiger partial charge in [-0.05, 0) is 39.3 Å². The normalized spacial score (nSPS) is 9.10. The molecule has 2 aromatic carbocycles. The van der Waals surface area contributed by atoms with Gasteiger partial charge in [0.25, 0.3) is 0 Å². The fourth-order valence-corrected chi connectivity index (χ4v) is 1.58. The lowest BCUT2D eigenvalue weighted by Gasteiger charge is -2.01. The second kappa shape index (κ2) is 14.7. The largest absolute Gasteiger partial charge is 0.682 e. The van der Waals surface area contributed by atoms with Crippen molar-refractivity contribution >= 4 is 39.8 Å². The van der Waals surface area contributed by atoms with Crippen LogP contribution in [0.5, 0.6) is 0 Å². The Bertz CT molecular complexity index is 422. The van der Waals surface area contributed by atoms with Gasteiger partial charge < -0.3 is 33.6 Å². The fourth-order valence-electron chi connectivity index (χ4n) is 1.58. The molecule has 0 fully saturated rings. The van der Waals surface area contributed by atoms with Gasteiger partial charge in [0.2, 0.25) is 0 Å². The first-order valence-corrected chi connectivity index (χ1v) is 9.41. The summed E-state index contributed by atoms with van der Waals surface area (Å²) in [5, 5.41) is 0. The van der Waals surface area contributed by atoms with Crippen LogP contribution in [0.4, 0.5) is 0 Å². The Kier molecular flexibility index (Phi) is 14.3. The Morgan fingerprint density at radius 2 is 0.900 bits per heavy atom. The summed E-state index contributed by atoms with van der Waals surface area (Å²) < 4.78 is 17.4. The summed E-state index contributed by atoms with van der Waals surface area (Å²) in [6, 6.07) is 21.2. The summed E-state index contributed by atoms with van der Waals surface area (Å²) in [6.07, 6.45) is 2.26. The van der Waals surface area contributed by atoms with Crippen molar-refractivity contribution in [2.75, 3.05) is 0 Å². The Hall–Kier alpha value is -0.660. The maximum Gasteiger partial charge on any atom is -0.0129 e. The number of hydrogen-bond donors (Lipinski definition) is 0. The molecule has 6 heteroatoms. The van der Waals surface area contributed by atoms with Gasteiger partial charge in [-0.15, -0.1) is 0 Å². The molecule has 0 aromatic heterocycles. The molecule has 2 rings (SSSR count). The third-order valence-electron chi connectivity index (χ3n) is 2.39. The molecule has 0 bridgehead atoms. The molecule has 0 radical (unpaired) electrons. The van der Waals surface area contributed by atoms with Crippen LogP contribution in [0.25, 0.3) is 0 Å². The predicted molar refractivity (Wildman–Crippen MR) is 90.2 cm³/mol. The summed E-state index contributed by atoms with van der Waals surface area (Å²) in [5.74, 6) is 0. The van der Waals surface area contributed by atoms with Crippen molar-refractivity contribution in [1.29, 1.82) is 0 Å². The summed E-state index contributed by atoms with van der Waals surface area (Å²) >= 11 is 7.62. The van der Waals surface area contributed by atoms with Crippen molar-refractivity contribution in [3.05, 3.63) is 71.8 Å². The van der Waals surface area contributed by atoms with Crippen molar-refractivity contribution < 1.29 is 9.13 Å². The van der Waals surface area contributed by atoms with Gasteiger partial charge >= 0.3 is 0 Å². The van der Waals surface area contributed by atoms with Crippen molar-refractivity contribution in [2.24, 2.45) is 0 Å². The lowest BCUT2D eigenvalue weighted by molar-refractivity contribution is 0.605. The molecule has 0 unspecified atom stereocenters. The molecule has 0 heterocycles. The topological polar surface area (TPSA) is 34.1 Å². The van der Waals surface area contributed by atoms with Crippen molar-refractivity contribution in [3.63, 3.8) is 0 Å². The van der Waals surface area contributed by atoms with Crippen LogP contribution in [0.1, 0.15) is 11.1 Å². The lowest BCUT2D eigenvalue weighted by Crippen LogP contribution is -1.89. The van der Waals surface area contributed by atoms with E-state index < -0.39 is 0 Å². The van der Waals surface area contributed by atoms with E-state index in [9.17, 15) is 0 Å². The van der Waals surface area contributed by atoms with E-state index >= 15 is 0 Å². The third-order valence-corrected chi connectivity index (χ3v) is 2.39. The molecule has 0 N–H and O–H groups in total. The first kappa shape index (κ1) is 19.3. The molecule has 0 aliphatic carbocycles. The second-order valence-electron chi connectivity index (χ2n) is 3.62. The average Bonchev–Trinajstić information content (AvgIpc) is 2.49. The minimum absolute atomic E-state index is 0.250. The van der Waals surface area contributed by atoms with Crippen LogP contribution in [-0.2, 0) is 46.5 Å². The fraction of sp³-hybridized carbons (Fsp3) is 0.143. The molecule has 0 aliphatic heterocycles. The van der Waals surface area contributed by atoms with Crippen LogP contribution >= 0.6 is 15.3 Å². The van der Waals surface area contributed by atoms with E-state index in [1.807, 2.05) is 0 Å². The van der Waals surface area contributed by atoms with Crippen molar-refractivity contribution in [1.82, 2.24) is 0 Å². The minimum Gasteiger partial charge on any atom is -0.682 e. The number of benzene rings is 2. The average molecular weight is 340 g/mol. The zero-order valence-corrected chi connectivity index (χ0v) is 14.1. The van der Waals surface area contributed by atoms with Crippen LogP contribution in [0.15, 0.2) is 60.7 Å². The van der Waals surface area contributed by atoms with Crippen LogP contribution in [-0.4, -0.2) is 0 Å². The number of rotatable bonds is 3. The third kappa shape index (κ3) is 11.2. The Balaban J connectivity index is 0.000000520. The molecule has 0 spiro atoms. The molecule has 0 atom stereocenters. The van der Waals surface area contributed by atoms with Gasteiger partial charge in [0.05, 0.1) is 0 Å².